The van der Waals surface area contributed by atoms with Gasteiger partial charge < -0.3 is 15.4 Å². The van der Waals surface area contributed by atoms with Crippen LogP contribution in [0.3, 0.4) is 0 Å². The highest BCUT2D eigenvalue weighted by Crippen LogP contribution is 2.28. The molecule has 6 heteroatoms. The molecule has 1 saturated heterocycles. The number of hydrogen-bond donors (Lipinski definition) is 1. The molecule has 1 aromatic carbocycles. The van der Waals surface area contributed by atoms with E-state index in [1.807, 2.05) is 43.0 Å². The monoisotopic (exact) mass is 388 g/mol. The van der Waals surface area contributed by atoms with Crippen LogP contribution in [-0.2, 0) is 16.0 Å². The third kappa shape index (κ3) is 6.78. The van der Waals surface area contributed by atoms with E-state index in [-0.39, 0.29) is 24.4 Å². The van der Waals surface area contributed by atoms with E-state index in [9.17, 15) is 4.79 Å². The third-order valence-corrected chi connectivity index (χ3v) is 4.78. The zero-order chi connectivity index (χ0) is 17.6. The van der Waals surface area contributed by atoms with Crippen LogP contribution in [0.15, 0.2) is 24.3 Å². The zero-order valence-electron chi connectivity index (χ0n) is 15.2. The number of amides is 1. The van der Waals surface area contributed by atoms with Gasteiger partial charge in [0.2, 0.25) is 5.91 Å². The van der Waals surface area contributed by atoms with Crippen LogP contribution >= 0.6 is 24.0 Å². The predicted molar refractivity (Wildman–Crippen MR) is 105 cm³/mol. The first-order chi connectivity index (χ1) is 11.4. The van der Waals surface area contributed by atoms with E-state index >= 15 is 0 Å². The van der Waals surface area contributed by atoms with E-state index in [4.69, 9.17) is 22.1 Å². The molecule has 1 heterocycles. The van der Waals surface area contributed by atoms with Gasteiger partial charge in [0.25, 0.3) is 0 Å². The maximum Gasteiger partial charge on any atom is 0.228 e. The Morgan fingerprint density at radius 3 is 2.64 bits per heavy atom. The molecule has 1 aromatic rings. The van der Waals surface area contributed by atoms with Crippen molar-refractivity contribution in [3.63, 3.8) is 0 Å². The molecule has 0 aliphatic carbocycles. The number of carbonyl (C=O) groups is 1. The highest BCUT2D eigenvalue weighted by atomic mass is 35.5. The molecular weight excluding hydrogens is 359 g/mol. The lowest BCUT2D eigenvalue weighted by atomic mass is 9.83. The van der Waals surface area contributed by atoms with E-state index in [1.54, 1.807) is 0 Å². The maximum absolute atomic E-state index is 12.9. The van der Waals surface area contributed by atoms with Crippen LogP contribution in [0.2, 0.25) is 5.02 Å². The molecule has 1 aliphatic rings. The van der Waals surface area contributed by atoms with Gasteiger partial charge in [-0.3, -0.25) is 4.79 Å². The lowest BCUT2D eigenvalue weighted by Crippen LogP contribution is -2.47. The van der Waals surface area contributed by atoms with Crippen LogP contribution in [-0.4, -0.2) is 43.2 Å². The summed E-state index contributed by atoms with van der Waals surface area (Å²) in [6.07, 6.45) is 3.66. The van der Waals surface area contributed by atoms with Crippen LogP contribution in [0.25, 0.3) is 0 Å². The number of ether oxygens (including phenoxy) is 1. The van der Waals surface area contributed by atoms with Gasteiger partial charge in [0.15, 0.2) is 0 Å². The molecule has 0 bridgehead atoms. The fourth-order valence-electron chi connectivity index (χ4n) is 3.22. The topological polar surface area (TPSA) is 55.6 Å². The number of likely N-dealkylation sites (tertiary alicyclic amines) is 1. The normalized spacial score (nSPS) is 15.8. The number of benzene rings is 1. The Kier molecular flexibility index (Phi) is 9.22. The lowest BCUT2D eigenvalue weighted by Gasteiger charge is -2.37. The molecule has 1 aliphatic heterocycles. The summed E-state index contributed by atoms with van der Waals surface area (Å²) >= 11 is 6.05. The van der Waals surface area contributed by atoms with Crippen LogP contribution in [0, 0.1) is 5.41 Å². The van der Waals surface area contributed by atoms with Gasteiger partial charge >= 0.3 is 0 Å². The summed E-state index contributed by atoms with van der Waals surface area (Å²) in [5, 5.41) is 0.714. The Labute approximate surface area is 162 Å². The highest BCUT2D eigenvalue weighted by Gasteiger charge is 2.34. The van der Waals surface area contributed by atoms with Crippen molar-refractivity contribution < 1.29 is 9.53 Å². The second-order valence-electron chi connectivity index (χ2n) is 7.20. The predicted octanol–water partition coefficient (Wildman–Crippen LogP) is 3.69. The number of rotatable bonds is 7. The summed E-state index contributed by atoms with van der Waals surface area (Å²) in [6, 6.07) is 7.75. The standard InChI is InChI=1S/C19H29ClN2O2.ClH/c1-19(2,14-15-5-3-6-16(20)13-15)18(23)22-10-7-17(8-11-22)24-12-4-9-21;/h3,5-6,13,17H,4,7-12,14,21H2,1-2H3;1H. The molecule has 2 rings (SSSR count). The first-order valence-electron chi connectivity index (χ1n) is 8.78. The second kappa shape index (κ2) is 10.4. The minimum atomic E-state index is -0.433. The third-order valence-electron chi connectivity index (χ3n) is 4.55. The quantitative estimate of drug-likeness (QED) is 0.724. The van der Waals surface area contributed by atoms with Crippen molar-refractivity contribution >= 4 is 29.9 Å². The van der Waals surface area contributed by atoms with Gasteiger partial charge in [-0.15, -0.1) is 12.4 Å². The number of nitrogens with zero attached hydrogens (tertiary/aromatic N) is 1. The Balaban J connectivity index is 0.00000312. The van der Waals surface area contributed by atoms with Gasteiger partial charge in [0, 0.05) is 30.1 Å². The van der Waals surface area contributed by atoms with Gasteiger partial charge in [-0.25, -0.2) is 0 Å². The van der Waals surface area contributed by atoms with E-state index in [0.29, 0.717) is 18.0 Å². The fraction of sp³-hybridized carbons (Fsp3) is 0.632. The van der Waals surface area contributed by atoms with E-state index in [0.717, 1.165) is 44.5 Å². The Morgan fingerprint density at radius 1 is 1.36 bits per heavy atom. The first-order valence-corrected chi connectivity index (χ1v) is 9.15. The van der Waals surface area contributed by atoms with Gasteiger partial charge in [-0.2, -0.15) is 0 Å². The summed E-state index contributed by atoms with van der Waals surface area (Å²) in [4.78, 5) is 14.9. The van der Waals surface area contributed by atoms with E-state index in [1.165, 1.54) is 0 Å². The van der Waals surface area contributed by atoms with Gasteiger partial charge in [-0.1, -0.05) is 37.6 Å². The van der Waals surface area contributed by atoms with Crippen LogP contribution < -0.4 is 5.73 Å². The number of nitrogens with two attached hydrogens (primary N) is 1. The molecular formula is C19H30Cl2N2O2. The van der Waals surface area contributed by atoms with E-state index in [2.05, 4.69) is 0 Å². The van der Waals surface area contributed by atoms with Crippen molar-refractivity contribution in [2.75, 3.05) is 26.2 Å². The molecule has 142 valence electrons. The minimum Gasteiger partial charge on any atom is -0.378 e. The maximum atomic E-state index is 12.9. The molecule has 2 N–H and O–H groups in total. The molecule has 4 nitrogen and oxygen atoms in total. The molecule has 0 saturated carbocycles. The van der Waals surface area contributed by atoms with Gasteiger partial charge in [-0.05, 0) is 49.9 Å². The Morgan fingerprint density at radius 2 is 2.04 bits per heavy atom. The molecule has 0 radical (unpaired) electrons. The number of hydrogen-bond acceptors (Lipinski definition) is 3. The van der Waals surface area contributed by atoms with Crippen molar-refractivity contribution in [2.24, 2.45) is 11.1 Å². The number of halogens is 2. The SMILES string of the molecule is CC(C)(Cc1cccc(Cl)c1)C(=O)N1CCC(OCCCN)CC1.Cl. The smallest absolute Gasteiger partial charge is 0.228 e. The van der Waals surface area contributed by atoms with Gasteiger partial charge in [0.05, 0.1) is 6.10 Å². The van der Waals surface area contributed by atoms with Crippen molar-refractivity contribution in [1.82, 2.24) is 4.90 Å². The summed E-state index contributed by atoms with van der Waals surface area (Å²) in [6.45, 7) is 6.95. The minimum absolute atomic E-state index is 0. The Bertz CT molecular complexity index is 544. The van der Waals surface area contributed by atoms with Crippen molar-refractivity contribution in [1.29, 1.82) is 0 Å². The van der Waals surface area contributed by atoms with Crippen LogP contribution in [0.5, 0.6) is 0 Å². The second-order valence-corrected chi connectivity index (χ2v) is 7.63. The van der Waals surface area contributed by atoms with Crippen molar-refractivity contribution in [3.05, 3.63) is 34.9 Å². The molecule has 0 spiro atoms. The molecule has 1 fully saturated rings. The lowest BCUT2D eigenvalue weighted by molar-refractivity contribution is -0.143. The molecule has 0 unspecified atom stereocenters. The van der Waals surface area contributed by atoms with E-state index < -0.39 is 5.41 Å². The molecule has 0 atom stereocenters. The molecule has 1 amide bonds. The summed E-state index contributed by atoms with van der Waals surface area (Å²) in [7, 11) is 0. The average Bonchev–Trinajstić information content (AvgIpc) is 2.55. The summed E-state index contributed by atoms with van der Waals surface area (Å²) in [5.41, 5.74) is 6.15. The average molecular weight is 389 g/mol. The number of carbonyl (C=O) groups excluding carboxylic acids is 1. The highest BCUT2D eigenvalue weighted by molar-refractivity contribution is 6.30. The largest absolute Gasteiger partial charge is 0.378 e. The molecule has 0 aromatic heterocycles. The van der Waals surface area contributed by atoms with Crippen LogP contribution in [0.1, 0.15) is 38.7 Å². The fourth-order valence-corrected chi connectivity index (χ4v) is 3.43. The van der Waals surface area contributed by atoms with Gasteiger partial charge in [0.1, 0.15) is 0 Å². The Hall–Kier alpha value is -0.810. The molecule has 25 heavy (non-hydrogen) atoms. The zero-order valence-corrected chi connectivity index (χ0v) is 16.7. The summed E-state index contributed by atoms with van der Waals surface area (Å²) in [5.74, 6) is 0.211. The number of piperidine rings is 1. The first kappa shape index (κ1) is 22.2. The summed E-state index contributed by atoms with van der Waals surface area (Å²) < 4.78 is 5.81. The van der Waals surface area contributed by atoms with Crippen molar-refractivity contribution in [2.45, 2.75) is 45.6 Å². The van der Waals surface area contributed by atoms with Crippen molar-refractivity contribution in [3.8, 4) is 0 Å². The van der Waals surface area contributed by atoms with Crippen LogP contribution in [0.4, 0.5) is 0 Å².